The van der Waals surface area contributed by atoms with E-state index in [-0.39, 0.29) is 11.6 Å². The molecular formula is C11H12N4O. The molecule has 2 heterocycles. The van der Waals surface area contributed by atoms with Gasteiger partial charge in [-0.2, -0.15) is 0 Å². The molecule has 0 saturated carbocycles. The van der Waals surface area contributed by atoms with Crippen molar-refractivity contribution in [3.63, 3.8) is 0 Å². The molecule has 0 aromatic carbocycles. The Balaban J connectivity index is 2.17. The fourth-order valence-corrected chi connectivity index (χ4v) is 2.13. The number of fused-ring (bicyclic) bond motifs is 1. The van der Waals surface area contributed by atoms with E-state index in [2.05, 4.69) is 27.1 Å². The molecule has 5 nitrogen and oxygen atoms in total. The third kappa shape index (κ3) is 1.36. The number of nitrogens with zero attached hydrogens (tertiary/aromatic N) is 3. The first-order chi connectivity index (χ1) is 7.86. The zero-order chi connectivity index (χ0) is 11.0. The van der Waals surface area contributed by atoms with Crippen molar-refractivity contribution in [2.24, 2.45) is 0 Å². The number of hydrogen-bond acceptors (Lipinski definition) is 3. The zero-order valence-corrected chi connectivity index (χ0v) is 8.76. The molecule has 3 rings (SSSR count). The van der Waals surface area contributed by atoms with Gasteiger partial charge in [0, 0.05) is 0 Å². The summed E-state index contributed by atoms with van der Waals surface area (Å²) in [6.45, 7) is 0. The number of aromatic nitrogens is 4. The summed E-state index contributed by atoms with van der Waals surface area (Å²) in [5.74, 6) is 0. The largest absolute Gasteiger partial charge is 0.311 e. The molecule has 5 heteroatoms. The van der Waals surface area contributed by atoms with Crippen molar-refractivity contribution in [2.75, 3.05) is 0 Å². The van der Waals surface area contributed by atoms with Crippen LogP contribution in [-0.2, 0) is 0 Å². The molecule has 2 aromatic rings. The summed E-state index contributed by atoms with van der Waals surface area (Å²) in [5.41, 5.74) is 0.908. The van der Waals surface area contributed by atoms with Gasteiger partial charge in [0.15, 0.2) is 11.2 Å². The van der Waals surface area contributed by atoms with E-state index in [1.165, 1.54) is 12.7 Å². The summed E-state index contributed by atoms with van der Waals surface area (Å²) in [5, 5.41) is 0. The fraction of sp³-hybridized carbons (Fsp3) is 0.364. The number of hydrogen-bond donors (Lipinski definition) is 1. The maximum atomic E-state index is 11.5. The Bertz CT molecular complexity index is 595. The number of allylic oxidation sites excluding steroid dienone is 2. The van der Waals surface area contributed by atoms with E-state index in [0.717, 1.165) is 12.8 Å². The van der Waals surface area contributed by atoms with Gasteiger partial charge < -0.3 is 9.55 Å². The van der Waals surface area contributed by atoms with Crippen LogP contribution in [0.25, 0.3) is 11.2 Å². The highest BCUT2D eigenvalue weighted by molar-refractivity contribution is 5.69. The molecule has 1 atom stereocenters. The standard InChI is InChI=1S/C11H12N4O/c16-11-9-10(12-6-13-11)15(7-14-9)8-4-2-1-3-5-8/h2,4,6-8H,1,3,5H2,(H,12,13,16). The van der Waals surface area contributed by atoms with Crippen LogP contribution in [0.15, 0.2) is 29.6 Å². The fourth-order valence-electron chi connectivity index (χ4n) is 2.13. The van der Waals surface area contributed by atoms with Crippen LogP contribution in [0.1, 0.15) is 25.3 Å². The second-order valence-corrected chi connectivity index (χ2v) is 3.98. The summed E-state index contributed by atoms with van der Waals surface area (Å²) < 4.78 is 1.97. The van der Waals surface area contributed by atoms with Gasteiger partial charge in [0.2, 0.25) is 0 Å². The van der Waals surface area contributed by atoms with Crippen LogP contribution in [0.5, 0.6) is 0 Å². The monoisotopic (exact) mass is 216 g/mol. The second-order valence-electron chi connectivity index (χ2n) is 3.98. The highest BCUT2D eigenvalue weighted by Crippen LogP contribution is 2.24. The molecule has 0 fully saturated rings. The molecule has 16 heavy (non-hydrogen) atoms. The van der Waals surface area contributed by atoms with E-state index in [1.807, 2.05) is 4.57 Å². The topological polar surface area (TPSA) is 63.6 Å². The predicted molar refractivity (Wildman–Crippen MR) is 60.2 cm³/mol. The summed E-state index contributed by atoms with van der Waals surface area (Å²) in [7, 11) is 0. The Morgan fingerprint density at radius 2 is 2.38 bits per heavy atom. The number of H-pyrrole nitrogens is 1. The van der Waals surface area contributed by atoms with Crippen molar-refractivity contribution >= 4 is 11.2 Å². The molecule has 0 radical (unpaired) electrons. The normalized spacial score (nSPS) is 20.4. The van der Waals surface area contributed by atoms with Gasteiger partial charge >= 0.3 is 0 Å². The van der Waals surface area contributed by atoms with Gasteiger partial charge in [-0.1, -0.05) is 12.2 Å². The van der Waals surface area contributed by atoms with Crippen LogP contribution in [-0.4, -0.2) is 19.5 Å². The summed E-state index contributed by atoms with van der Waals surface area (Å²) in [4.78, 5) is 22.3. The van der Waals surface area contributed by atoms with Crippen molar-refractivity contribution in [3.05, 3.63) is 35.2 Å². The van der Waals surface area contributed by atoms with Gasteiger partial charge in [0.1, 0.15) is 0 Å². The first-order valence-electron chi connectivity index (χ1n) is 5.43. The quantitative estimate of drug-likeness (QED) is 0.733. The first kappa shape index (κ1) is 9.33. The first-order valence-corrected chi connectivity index (χ1v) is 5.43. The Morgan fingerprint density at radius 3 is 3.19 bits per heavy atom. The number of imidazole rings is 1. The Kier molecular flexibility index (Phi) is 2.09. The highest BCUT2D eigenvalue weighted by atomic mass is 16.1. The van der Waals surface area contributed by atoms with Gasteiger partial charge in [0.25, 0.3) is 5.56 Å². The molecule has 1 N–H and O–H groups in total. The molecule has 0 amide bonds. The van der Waals surface area contributed by atoms with Crippen molar-refractivity contribution in [3.8, 4) is 0 Å². The molecule has 1 aliphatic rings. The lowest BCUT2D eigenvalue weighted by atomic mass is 10.0. The van der Waals surface area contributed by atoms with E-state index in [1.54, 1.807) is 6.33 Å². The minimum absolute atomic E-state index is 0.177. The molecule has 1 aliphatic carbocycles. The van der Waals surface area contributed by atoms with E-state index in [9.17, 15) is 4.79 Å². The van der Waals surface area contributed by atoms with Gasteiger partial charge in [-0.25, -0.2) is 9.97 Å². The van der Waals surface area contributed by atoms with E-state index in [0.29, 0.717) is 11.2 Å². The minimum atomic E-state index is -0.177. The molecule has 82 valence electrons. The third-order valence-corrected chi connectivity index (χ3v) is 2.95. The Labute approximate surface area is 91.8 Å². The highest BCUT2D eigenvalue weighted by Gasteiger charge is 2.15. The van der Waals surface area contributed by atoms with E-state index < -0.39 is 0 Å². The van der Waals surface area contributed by atoms with Crippen LogP contribution in [0.4, 0.5) is 0 Å². The molecule has 1 unspecified atom stereocenters. The average Bonchev–Trinajstić information content (AvgIpc) is 2.75. The van der Waals surface area contributed by atoms with Crippen molar-refractivity contribution in [1.82, 2.24) is 19.5 Å². The SMILES string of the molecule is O=c1[nH]cnc2c1ncn2C1C=CCCC1. The number of aromatic amines is 1. The van der Waals surface area contributed by atoms with E-state index >= 15 is 0 Å². The Morgan fingerprint density at radius 1 is 1.44 bits per heavy atom. The molecular weight excluding hydrogens is 204 g/mol. The number of rotatable bonds is 1. The Hall–Kier alpha value is -1.91. The van der Waals surface area contributed by atoms with Gasteiger partial charge in [-0.15, -0.1) is 0 Å². The smallest absolute Gasteiger partial charge is 0.278 e. The summed E-state index contributed by atoms with van der Waals surface area (Å²) in [6, 6.07) is 0.285. The minimum Gasteiger partial charge on any atom is -0.311 e. The lowest BCUT2D eigenvalue weighted by molar-refractivity contribution is 0.525. The molecule has 0 aliphatic heterocycles. The molecule has 0 spiro atoms. The van der Waals surface area contributed by atoms with Gasteiger partial charge in [0.05, 0.1) is 18.7 Å². The maximum absolute atomic E-state index is 11.5. The van der Waals surface area contributed by atoms with Crippen LogP contribution in [0.3, 0.4) is 0 Å². The molecule has 0 saturated heterocycles. The van der Waals surface area contributed by atoms with Crippen LogP contribution < -0.4 is 5.56 Å². The maximum Gasteiger partial charge on any atom is 0.278 e. The van der Waals surface area contributed by atoms with Gasteiger partial charge in [-0.3, -0.25) is 4.79 Å². The summed E-state index contributed by atoms with van der Waals surface area (Å²) >= 11 is 0. The molecule has 0 bridgehead atoms. The van der Waals surface area contributed by atoms with Crippen molar-refractivity contribution < 1.29 is 0 Å². The van der Waals surface area contributed by atoms with E-state index in [4.69, 9.17) is 0 Å². The third-order valence-electron chi connectivity index (χ3n) is 2.95. The van der Waals surface area contributed by atoms with Crippen molar-refractivity contribution in [1.29, 1.82) is 0 Å². The van der Waals surface area contributed by atoms with Gasteiger partial charge in [-0.05, 0) is 19.3 Å². The second kappa shape index (κ2) is 3.59. The predicted octanol–water partition coefficient (Wildman–Crippen LogP) is 1.40. The van der Waals surface area contributed by atoms with Crippen LogP contribution in [0, 0.1) is 0 Å². The number of nitrogens with one attached hydrogen (secondary N) is 1. The van der Waals surface area contributed by atoms with Crippen molar-refractivity contribution in [2.45, 2.75) is 25.3 Å². The average molecular weight is 216 g/mol. The van der Waals surface area contributed by atoms with Crippen LogP contribution >= 0.6 is 0 Å². The lowest BCUT2D eigenvalue weighted by Gasteiger charge is -2.17. The van der Waals surface area contributed by atoms with Crippen LogP contribution in [0.2, 0.25) is 0 Å². The zero-order valence-electron chi connectivity index (χ0n) is 8.76. The molecule has 2 aromatic heterocycles. The summed E-state index contributed by atoms with van der Waals surface area (Å²) in [6.07, 6.45) is 10.8. The lowest BCUT2D eigenvalue weighted by Crippen LogP contribution is -2.11.